The Morgan fingerprint density at radius 3 is 1.96 bits per heavy atom. The molecule has 47 heavy (non-hydrogen) atoms. The van der Waals surface area contributed by atoms with Gasteiger partial charge in [-0.05, 0) is 100 Å². The van der Waals surface area contributed by atoms with Crippen LogP contribution in [0.15, 0.2) is 54.6 Å². The molecular weight excluding hydrogens is 618 g/mol. The molecule has 2 aromatic rings. The molecule has 0 aromatic heterocycles. The number of piperidine rings is 1. The Morgan fingerprint density at radius 2 is 1.43 bits per heavy atom. The lowest BCUT2D eigenvalue weighted by Gasteiger charge is -2.38. The van der Waals surface area contributed by atoms with Crippen molar-refractivity contribution < 1.29 is 42.6 Å². The number of carbonyl (C=O) groups excluding carboxylic acids is 4. The van der Waals surface area contributed by atoms with Gasteiger partial charge in [0.2, 0.25) is 5.78 Å². The number of ketones is 1. The number of rotatable bonds is 12. The molecule has 0 spiro atoms. The number of ether oxygens (including phenoxy) is 4. The van der Waals surface area contributed by atoms with Crippen LogP contribution in [0.4, 0.5) is 4.79 Å². The standard InChI is InChI=1S/C36H51NO9Si/c1-35(2,3)46-34(41)37-22-19-25(20-23-37)29(21-24-43-47(8,9)36(4,5)6)32(39)45-31(33(40)42-7)30(38)26-15-17-28(18-16-26)44-27-13-11-10-12-14-27/h10-18,25,29,31H,19-24H2,1-9H3. The highest BCUT2D eigenvalue weighted by Crippen LogP contribution is 2.37. The highest BCUT2D eigenvalue weighted by atomic mass is 28.4. The summed E-state index contributed by atoms with van der Waals surface area (Å²) in [5, 5.41) is -0.0220. The van der Waals surface area contributed by atoms with Gasteiger partial charge in [-0.25, -0.2) is 9.59 Å². The van der Waals surface area contributed by atoms with E-state index in [1.807, 2.05) is 39.0 Å². The fraction of sp³-hybridized carbons (Fsp3) is 0.556. The average molecular weight is 670 g/mol. The Hall–Kier alpha value is -3.70. The van der Waals surface area contributed by atoms with Crippen LogP contribution >= 0.6 is 0 Å². The van der Waals surface area contributed by atoms with E-state index in [0.717, 1.165) is 7.11 Å². The van der Waals surface area contributed by atoms with E-state index in [4.69, 9.17) is 23.4 Å². The van der Waals surface area contributed by atoms with E-state index in [9.17, 15) is 19.2 Å². The summed E-state index contributed by atoms with van der Waals surface area (Å²) in [5.74, 6) is -2.04. The smallest absolute Gasteiger partial charge is 0.410 e. The number of benzene rings is 2. The summed E-state index contributed by atoms with van der Waals surface area (Å²) >= 11 is 0. The summed E-state index contributed by atoms with van der Waals surface area (Å²) in [6.45, 7) is 17.3. The van der Waals surface area contributed by atoms with Crippen molar-refractivity contribution in [3.8, 4) is 11.5 Å². The number of likely N-dealkylation sites (tertiary alicyclic amines) is 1. The zero-order chi connectivity index (χ0) is 35.0. The molecule has 3 rings (SSSR count). The Morgan fingerprint density at radius 1 is 0.851 bits per heavy atom. The van der Waals surface area contributed by atoms with E-state index in [-0.39, 0.29) is 16.5 Å². The predicted molar refractivity (Wildman–Crippen MR) is 181 cm³/mol. The summed E-state index contributed by atoms with van der Waals surface area (Å²) in [4.78, 5) is 54.6. The third-order valence-corrected chi connectivity index (χ3v) is 13.3. The number of amides is 1. The van der Waals surface area contributed by atoms with E-state index in [0.29, 0.717) is 50.5 Å². The first kappa shape index (κ1) is 37.8. The fourth-order valence-electron chi connectivity index (χ4n) is 5.00. The van der Waals surface area contributed by atoms with Gasteiger partial charge in [0.1, 0.15) is 17.1 Å². The van der Waals surface area contributed by atoms with Crippen molar-refractivity contribution in [2.75, 3.05) is 26.8 Å². The van der Waals surface area contributed by atoms with Gasteiger partial charge in [0.15, 0.2) is 8.32 Å². The second-order valence-corrected chi connectivity index (χ2v) is 19.3. The topological polar surface area (TPSA) is 118 Å². The van der Waals surface area contributed by atoms with Crippen LogP contribution in [0.2, 0.25) is 18.1 Å². The third-order valence-electron chi connectivity index (χ3n) is 8.77. The molecule has 1 fully saturated rings. The molecule has 0 aliphatic carbocycles. The van der Waals surface area contributed by atoms with E-state index in [1.165, 1.54) is 12.1 Å². The zero-order valence-electron chi connectivity index (χ0n) is 29.3. The number of para-hydroxylation sites is 1. The number of Topliss-reactive ketones (excluding diaryl/α,β-unsaturated/α-hetero) is 1. The van der Waals surface area contributed by atoms with Crippen LogP contribution in [-0.4, -0.2) is 75.5 Å². The van der Waals surface area contributed by atoms with Gasteiger partial charge in [-0.2, -0.15) is 0 Å². The van der Waals surface area contributed by atoms with E-state index in [2.05, 4.69) is 33.9 Å². The molecule has 2 aromatic carbocycles. The van der Waals surface area contributed by atoms with Crippen molar-refractivity contribution in [3.05, 3.63) is 60.2 Å². The quantitative estimate of drug-likeness (QED) is 0.0748. The Labute approximate surface area is 280 Å². The van der Waals surface area contributed by atoms with Crippen LogP contribution in [0.25, 0.3) is 0 Å². The summed E-state index contributed by atoms with van der Waals surface area (Å²) in [7, 11) is -0.969. The first-order chi connectivity index (χ1) is 21.9. The van der Waals surface area contributed by atoms with Crippen LogP contribution in [0.1, 0.15) is 71.2 Å². The largest absolute Gasteiger partial charge is 0.466 e. The maximum absolute atomic E-state index is 13.9. The Kier molecular flexibility index (Phi) is 12.8. The molecule has 2 unspecified atom stereocenters. The molecule has 0 bridgehead atoms. The number of esters is 2. The molecule has 0 radical (unpaired) electrons. The minimum atomic E-state index is -2.11. The lowest BCUT2D eigenvalue weighted by atomic mass is 9.82. The molecule has 1 amide bonds. The minimum absolute atomic E-state index is 0.0220. The van der Waals surface area contributed by atoms with Gasteiger partial charge in [-0.15, -0.1) is 0 Å². The maximum Gasteiger partial charge on any atom is 0.410 e. The van der Waals surface area contributed by atoms with Gasteiger partial charge in [0.05, 0.1) is 13.0 Å². The fourth-order valence-corrected chi connectivity index (χ4v) is 6.06. The van der Waals surface area contributed by atoms with Gasteiger partial charge in [0, 0.05) is 25.3 Å². The van der Waals surface area contributed by atoms with Crippen molar-refractivity contribution in [1.82, 2.24) is 4.90 Å². The number of methoxy groups -OCH3 is 1. The molecule has 1 aliphatic rings. The van der Waals surface area contributed by atoms with E-state index >= 15 is 0 Å². The SMILES string of the molecule is COC(=O)C(OC(=O)C(CCO[Si](C)(C)C(C)(C)C)C1CCN(C(=O)OC(C)(C)C)CC1)C(=O)c1ccc(Oc2ccccc2)cc1. The second kappa shape index (κ2) is 15.9. The maximum atomic E-state index is 13.9. The zero-order valence-corrected chi connectivity index (χ0v) is 30.3. The molecule has 1 heterocycles. The molecule has 1 aliphatic heterocycles. The number of nitrogens with zero attached hydrogens (tertiary/aromatic N) is 1. The normalized spacial score (nSPS) is 15.7. The van der Waals surface area contributed by atoms with Crippen LogP contribution in [0.3, 0.4) is 0 Å². The number of carbonyl (C=O) groups is 4. The lowest BCUT2D eigenvalue weighted by molar-refractivity contribution is -0.167. The van der Waals surface area contributed by atoms with Gasteiger partial charge >= 0.3 is 18.0 Å². The molecule has 1 saturated heterocycles. The third kappa shape index (κ3) is 10.9. The first-order valence-electron chi connectivity index (χ1n) is 16.2. The summed E-state index contributed by atoms with van der Waals surface area (Å²) in [6.07, 6.45) is -0.778. The molecular formula is C36H51NO9Si. The van der Waals surface area contributed by atoms with Crippen LogP contribution in [-0.2, 0) is 28.2 Å². The second-order valence-electron chi connectivity index (χ2n) is 14.5. The summed E-state index contributed by atoms with van der Waals surface area (Å²) in [6, 6.07) is 15.4. The first-order valence-corrected chi connectivity index (χ1v) is 19.1. The predicted octanol–water partition coefficient (Wildman–Crippen LogP) is 7.42. The summed E-state index contributed by atoms with van der Waals surface area (Å²) < 4.78 is 28.3. The Bertz CT molecular complexity index is 1360. The Balaban J connectivity index is 1.77. The minimum Gasteiger partial charge on any atom is -0.466 e. The number of hydrogen-bond acceptors (Lipinski definition) is 9. The van der Waals surface area contributed by atoms with Crippen molar-refractivity contribution in [3.63, 3.8) is 0 Å². The average Bonchev–Trinajstić information content (AvgIpc) is 3.00. The highest BCUT2D eigenvalue weighted by molar-refractivity contribution is 6.74. The van der Waals surface area contributed by atoms with Crippen molar-refractivity contribution in [2.45, 2.75) is 90.6 Å². The molecule has 2 atom stereocenters. The summed E-state index contributed by atoms with van der Waals surface area (Å²) in [5.41, 5.74) is -0.455. The lowest BCUT2D eigenvalue weighted by Crippen LogP contribution is -2.45. The molecule has 11 heteroatoms. The van der Waals surface area contributed by atoms with Crippen LogP contribution in [0.5, 0.6) is 11.5 Å². The van der Waals surface area contributed by atoms with E-state index < -0.39 is 49.8 Å². The van der Waals surface area contributed by atoms with Gasteiger partial charge in [-0.3, -0.25) is 9.59 Å². The number of hydrogen-bond donors (Lipinski definition) is 0. The van der Waals surface area contributed by atoms with Crippen molar-refractivity contribution >= 4 is 32.1 Å². The van der Waals surface area contributed by atoms with Gasteiger partial charge in [-0.1, -0.05) is 39.0 Å². The molecule has 10 nitrogen and oxygen atoms in total. The van der Waals surface area contributed by atoms with Crippen LogP contribution < -0.4 is 4.74 Å². The molecule has 0 N–H and O–H groups in total. The molecule has 0 saturated carbocycles. The van der Waals surface area contributed by atoms with E-state index in [1.54, 1.807) is 29.2 Å². The van der Waals surface area contributed by atoms with Crippen LogP contribution in [0, 0.1) is 11.8 Å². The van der Waals surface area contributed by atoms with Crippen molar-refractivity contribution in [1.29, 1.82) is 0 Å². The highest BCUT2D eigenvalue weighted by Gasteiger charge is 2.41. The van der Waals surface area contributed by atoms with Crippen molar-refractivity contribution in [2.24, 2.45) is 11.8 Å². The monoisotopic (exact) mass is 669 g/mol. The van der Waals surface area contributed by atoms with Gasteiger partial charge in [0.25, 0.3) is 6.10 Å². The molecule has 258 valence electrons. The van der Waals surface area contributed by atoms with Gasteiger partial charge < -0.3 is 28.3 Å².